The van der Waals surface area contributed by atoms with Gasteiger partial charge in [0.05, 0.1) is 34.8 Å². The molecule has 96 valence electrons. The van der Waals surface area contributed by atoms with Crippen molar-refractivity contribution in [3.8, 4) is 5.69 Å². The van der Waals surface area contributed by atoms with Gasteiger partial charge in [-0.15, -0.1) is 11.3 Å². The fourth-order valence-corrected chi connectivity index (χ4v) is 2.44. The van der Waals surface area contributed by atoms with E-state index < -0.39 is 0 Å². The van der Waals surface area contributed by atoms with Gasteiger partial charge >= 0.3 is 0 Å². The van der Waals surface area contributed by atoms with Crippen molar-refractivity contribution < 1.29 is 0 Å². The highest BCUT2D eigenvalue weighted by atomic mass is 32.1. The average molecular weight is 270 g/mol. The summed E-state index contributed by atoms with van der Waals surface area (Å²) < 4.78 is 1.89. The van der Waals surface area contributed by atoms with E-state index in [2.05, 4.69) is 27.5 Å². The molecular weight excluding hydrogens is 256 g/mol. The molecule has 0 unspecified atom stereocenters. The number of nitrogens with one attached hydrogen (secondary N) is 1. The highest BCUT2D eigenvalue weighted by Gasteiger charge is 2.05. The van der Waals surface area contributed by atoms with Crippen LogP contribution in [-0.2, 0) is 6.54 Å². The van der Waals surface area contributed by atoms with Gasteiger partial charge in [-0.2, -0.15) is 5.10 Å². The van der Waals surface area contributed by atoms with Crippen LogP contribution in [0.25, 0.3) is 5.69 Å². The molecule has 3 rings (SSSR count). The van der Waals surface area contributed by atoms with E-state index in [9.17, 15) is 0 Å². The largest absolute Gasteiger partial charge is 0.378 e. The van der Waals surface area contributed by atoms with Crippen molar-refractivity contribution in [1.29, 1.82) is 0 Å². The van der Waals surface area contributed by atoms with Gasteiger partial charge in [0.1, 0.15) is 0 Å². The lowest BCUT2D eigenvalue weighted by atomic mass is 10.2. The third-order valence-electron chi connectivity index (χ3n) is 2.82. The summed E-state index contributed by atoms with van der Waals surface area (Å²) in [5.74, 6) is 0. The van der Waals surface area contributed by atoms with Crippen molar-refractivity contribution in [1.82, 2.24) is 14.8 Å². The molecule has 1 N–H and O–H groups in total. The third kappa shape index (κ3) is 2.66. The van der Waals surface area contributed by atoms with Crippen molar-refractivity contribution in [3.05, 3.63) is 58.8 Å². The molecule has 0 atom stereocenters. The summed E-state index contributed by atoms with van der Waals surface area (Å²) in [6.07, 6.45) is 1.97. The predicted octanol–water partition coefficient (Wildman–Crippen LogP) is 3.25. The lowest BCUT2D eigenvalue weighted by molar-refractivity contribution is 0.861. The lowest BCUT2D eigenvalue weighted by Gasteiger charge is -2.11. The molecule has 4 nitrogen and oxygen atoms in total. The molecule has 2 aromatic heterocycles. The molecule has 2 heterocycles. The van der Waals surface area contributed by atoms with E-state index in [1.807, 2.05) is 46.9 Å². The molecule has 0 spiro atoms. The molecule has 5 heteroatoms. The summed E-state index contributed by atoms with van der Waals surface area (Å²) >= 11 is 1.61. The Labute approximate surface area is 115 Å². The molecule has 0 fully saturated rings. The first-order valence-electron chi connectivity index (χ1n) is 6.05. The van der Waals surface area contributed by atoms with Gasteiger partial charge in [-0.3, -0.25) is 0 Å². The Balaban J connectivity index is 1.85. The maximum atomic E-state index is 4.45. The van der Waals surface area contributed by atoms with Crippen molar-refractivity contribution in [3.63, 3.8) is 0 Å². The van der Waals surface area contributed by atoms with Gasteiger partial charge in [-0.1, -0.05) is 12.1 Å². The van der Waals surface area contributed by atoms with Crippen LogP contribution in [0, 0.1) is 6.92 Å². The van der Waals surface area contributed by atoms with Gasteiger partial charge in [0.15, 0.2) is 0 Å². The van der Waals surface area contributed by atoms with Gasteiger partial charge in [0.25, 0.3) is 0 Å². The number of nitrogens with zero attached hydrogens (tertiary/aromatic N) is 3. The van der Waals surface area contributed by atoms with Crippen LogP contribution in [0.1, 0.15) is 11.4 Å². The summed E-state index contributed by atoms with van der Waals surface area (Å²) in [6, 6.07) is 10.1. The smallest absolute Gasteiger partial charge is 0.0877 e. The molecule has 0 saturated heterocycles. The maximum Gasteiger partial charge on any atom is 0.0877 e. The zero-order valence-electron chi connectivity index (χ0n) is 10.6. The molecule has 0 radical (unpaired) electrons. The number of aromatic nitrogens is 3. The molecule has 1 aromatic carbocycles. The van der Waals surface area contributed by atoms with Gasteiger partial charge in [-0.25, -0.2) is 9.67 Å². The molecule has 0 aliphatic carbocycles. The van der Waals surface area contributed by atoms with Crippen LogP contribution in [0.2, 0.25) is 0 Å². The molecule has 19 heavy (non-hydrogen) atoms. The quantitative estimate of drug-likeness (QED) is 0.791. The minimum Gasteiger partial charge on any atom is -0.378 e. The highest BCUT2D eigenvalue weighted by molar-refractivity contribution is 7.07. The fourth-order valence-electron chi connectivity index (χ4n) is 1.88. The average Bonchev–Trinajstić information content (AvgIpc) is 3.08. The summed E-state index contributed by atoms with van der Waals surface area (Å²) in [5, 5.41) is 9.91. The van der Waals surface area contributed by atoms with E-state index in [0.29, 0.717) is 0 Å². The van der Waals surface area contributed by atoms with E-state index in [1.165, 1.54) is 0 Å². The standard InChI is InChI=1S/C14H14N4S/c1-11-6-7-18(17-11)14-5-3-2-4-13(14)15-8-12-9-19-10-16-12/h2-7,9-10,15H,8H2,1H3. The van der Waals surface area contributed by atoms with Gasteiger partial charge in [0, 0.05) is 11.6 Å². The van der Waals surface area contributed by atoms with Crippen molar-refractivity contribution in [2.45, 2.75) is 13.5 Å². The third-order valence-corrected chi connectivity index (χ3v) is 3.45. The van der Waals surface area contributed by atoms with E-state index in [-0.39, 0.29) is 0 Å². The monoisotopic (exact) mass is 270 g/mol. The second kappa shape index (κ2) is 5.24. The van der Waals surface area contributed by atoms with Crippen molar-refractivity contribution >= 4 is 17.0 Å². The number of hydrogen-bond acceptors (Lipinski definition) is 4. The topological polar surface area (TPSA) is 42.7 Å². The number of anilines is 1. The molecule has 0 amide bonds. The minimum absolute atomic E-state index is 0.723. The van der Waals surface area contributed by atoms with E-state index in [4.69, 9.17) is 0 Å². The summed E-state index contributed by atoms with van der Waals surface area (Å²) in [5.41, 5.74) is 6.01. The predicted molar refractivity (Wildman–Crippen MR) is 77.7 cm³/mol. The number of para-hydroxylation sites is 2. The van der Waals surface area contributed by atoms with Crippen LogP contribution in [0.3, 0.4) is 0 Å². The molecule has 0 aliphatic heterocycles. The zero-order chi connectivity index (χ0) is 13.1. The van der Waals surface area contributed by atoms with Gasteiger partial charge < -0.3 is 5.32 Å². The Morgan fingerprint density at radius 2 is 2.16 bits per heavy atom. The van der Waals surface area contributed by atoms with Crippen LogP contribution in [0.5, 0.6) is 0 Å². The van der Waals surface area contributed by atoms with E-state index >= 15 is 0 Å². The number of rotatable bonds is 4. The van der Waals surface area contributed by atoms with Crippen molar-refractivity contribution in [2.24, 2.45) is 0 Å². The van der Waals surface area contributed by atoms with Crippen LogP contribution in [-0.4, -0.2) is 14.8 Å². The Hall–Kier alpha value is -2.14. The Bertz CT molecular complexity index is 658. The fraction of sp³-hybridized carbons (Fsp3) is 0.143. The number of aryl methyl sites for hydroxylation is 1. The molecule has 3 aromatic rings. The van der Waals surface area contributed by atoms with Gasteiger partial charge in [-0.05, 0) is 25.1 Å². The van der Waals surface area contributed by atoms with Gasteiger partial charge in [0.2, 0.25) is 0 Å². The van der Waals surface area contributed by atoms with Crippen LogP contribution < -0.4 is 5.32 Å². The minimum atomic E-state index is 0.723. The molecule has 0 bridgehead atoms. The number of benzene rings is 1. The highest BCUT2D eigenvalue weighted by Crippen LogP contribution is 2.20. The zero-order valence-corrected chi connectivity index (χ0v) is 11.4. The maximum absolute atomic E-state index is 4.45. The first kappa shape index (κ1) is 11.9. The number of hydrogen-bond donors (Lipinski definition) is 1. The SMILES string of the molecule is Cc1ccn(-c2ccccc2NCc2cscn2)n1. The molecular formula is C14H14N4S. The molecule has 0 saturated carbocycles. The lowest BCUT2D eigenvalue weighted by Crippen LogP contribution is -2.05. The first-order chi connectivity index (χ1) is 9.33. The Morgan fingerprint density at radius 3 is 2.89 bits per heavy atom. The van der Waals surface area contributed by atoms with Crippen LogP contribution in [0.15, 0.2) is 47.4 Å². The number of thiazole rings is 1. The van der Waals surface area contributed by atoms with E-state index in [1.54, 1.807) is 11.3 Å². The summed E-state index contributed by atoms with van der Waals surface area (Å²) in [4.78, 5) is 4.27. The van der Waals surface area contributed by atoms with Crippen molar-refractivity contribution in [2.75, 3.05) is 5.32 Å². The normalized spacial score (nSPS) is 10.6. The van der Waals surface area contributed by atoms with Crippen LogP contribution >= 0.6 is 11.3 Å². The molecule has 0 aliphatic rings. The van der Waals surface area contributed by atoms with Crippen LogP contribution in [0.4, 0.5) is 5.69 Å². The summed E-state index contributed by atoms with van der Waals surface area (Å²) in [6.45, 7) is 2.71. The first-order valence-corrected chi connectivity index (χ1v) is 7.00. The Kier molecular flexibility index (Phi) is 3.29. The second-order valence-electron chi connectivity index (χ2n) is 4.25. The second-order valence-corrected chi connectivity index (χ2v) is 4.97. The summed E-state index contributed by atoms with van der Waals surface area (Å²) in [7, 11) is 0. The van der Waals surface area contributed by atoms with E-state index in [0.717, 1.165) is 29.3 Å². The Morgan fingerprint density at radius 1 is 1.26 bits per heavy atom.